The largest absolute Gasteiger partial charge is 0.462 e. The molecule has 2 aromatic rings. The fraction of sp³-hybridized carbons (Fsp3) is 0.182. The Bertz CT molecular complexity index is 526. The van der Waals surface area contributed by atoms with Gasteiger partial charge in [-0.1, -0.05) is 11.6 Å². The zero-order valence-electron chi connectivity index (χ0n) is 9.13. The van der Waals surface area contributed by atoms with Gasteiger partial charge in [0.25, 0.3) is 0 Å². The molecule has 0 saturated carbocycles. The highest BCUT2D eigenvalue weighted by Gasteiger charge is 2.14. The Balaban J connectivity index is 2.49. The molecule has 2 heterocycles. The molecule has 0 aliphatic rings. The lowest BCUT2D eigenvalue weighted by molar-refractivity contribution is 0.0526. The SMILES string of the molecule is CCOC(=O)c1cnc(Cl)cc1-n1ccnc1. The lowest BCUT2D eigenvalue weighted by atomic mass is 10.2. The van der Waals surface area contributed by atoms with Gasteiger partial charge in [0.15, 0.2) is 0 Å². The number of imidazole rings is 1. The van der Waals surface area contributed by atoms with Crippen LogP contribution in [0.4, 0.5) is 0 Å². The maximum Gasteiger partial charge on any atom is 0.341 e. The van der Waals surface area contributed by atoms with Crippen LogP contribution in [0, 0.1) is 0 Å². The number of nitrogens with zero attached hydrogens (tertiary/aromatic N) is 3. The van der Waals surface area contributed by atoms with Gasteiger partial charge in [-0.25, -0.2) is 14.8 Å². The summed E-state index contributed by atoms with van der Waals surface area (Å²) in [6.07, 6.45) is 6.31. The minimum atomic E-state index is -0.430. The van der Waals surface area contributed by atoms with Crippen molar-refractivity contribution < 1.29 is 9.53 Å². The number of pyridine rings is 1. The van der Waals surface area contributed by atoms with Gasteiger partial charge in [-0.2, -0.15) is 0 Å². The molecular formula is C11H10ClN3O2. The molecule has 88 valence electrons. The molecule has 2 aromatic heterocycles. The van der Waals surface area contributed by atoms with E-state index in [0.717, 1.165) is 0 Å². The van der Waals surface area contributed by atoms with Crippen LogP contribution in [0.1, 0.15) is 17.3 Å². The van der Waals surface area contributed by atoms with Gasteiger partial charge in [0.2, 0.25) is 0 Å². The van der Waals surface area contributed by atoms with E-state index in [1.807, 2.05) is 0 Å². The summed E-state index contributed by atoms with van der Waals surface area (Å²) in [6, 6.07) is 1.59. The molecule has 0 atom stereocenters. The third-order valence-electron chi connectivity index (χ3n) is 2.13. The maximum atomic E-state index is 11.7. The average Bonchev–Trinajstić information content (AvgIpc) is 2.82. The number of esters is 1. The van der Waals surface area contributed by atoms with Crippen molar-refractivity contribution in [2.45, 2.75) is 6.92 Å². The molecule has 2 rings (SSSR count). The molecule has 0 saturated heterocycles. The van der Waals surface area contributed by atoms with Crippen LogP contribution in [0.2, 0.25) is 5.15 Å². The number of aromatic nitrogens is 3. The summed E-state index contributed by atoms with van der Waals surface area (Å²) in [7, 11) is 0. The van der Waals surface area contributed by atoms with Crippen molar-refractivity contribution >= 4 is 17.6 Å². The van der Waals surface area contributed by atoms with Gasteiger partial charge in [0.05, 0.1) is 18.6 Å². The average molecular weight is 252 g/mol. The summed E-state index contributed by atoms with van der Waals surface area (Å²) in [6.45, 7) is 2.06. The van der Waals surface area contributed by atoms with Gasteiger partial charge in [-0.05, 0) is 6.92 Å². The molecular weight excluding hydrogens is 242 g/mol. The Hall–Kier alpha value is -1.88. The van der Waals surface area contributed by atoms with E-state index in [2.05, 4.69) is 9.97 Å². The summed E-state index contributed by atoms with van der Waals surface area (Å²) in [5.74, 6) is -0.430. The smallest absolute Gasteiger partial charge is 0.341 e. The molecule has 17 heavy (non-hydrogen) atoms. The van der Waals surface area contributed by atoms with Crippen LogP contribution in [-0.4, -0.2) is 27.1 Å². The third kappa shape index (κ3) is 2.45. The highest BCUT2D eigenvalue weighted by Crippen LogP contribution is 2.18. The molecule has 0 fully saturated rings. The van der Waals surface area contributed by atoms with Gasteiger partial charge in [0.1, 0.15) is 10.7 Å². The summed E-state index contributed by atoms with van der Waals surface area (Å²) in [4.78, 5) is 19.5. The normalized spacial score (nSPS) is 10.2. The quantitative estimate of drug-likeness (QED) is 0.619. The molecule has 0 unspecified atom stereocenters. The Labute approximate surface area is 103 Å². The number of rotatable bonds is 3. The van der Waals surface area contributed by atoms with Crippen molar-refractivity contribution in [2.75, 3.05) is 6.61 Å². The molecule has 0 aliphatic carbocycles. The third-order valence-corrected chi connectivity index (χ3v) is 2.33. The standard InChI is InChI=1S/C11H10ClN3O2/c1-2-17-11(16)8-6-14-10(12)5-9(8)15-4-3-13-7-15/h3-7H,2H2,1H3. The van der Waals surface area contributed by atoms with Gasteiger partial charge < -0.3 is 9.30 Å². The van der Waals surface area contributed by atoms with Crippen molar-refractivity contribution in [3.05, 3.63) is 41.7 Å². The van der Waals surface area contributed by atoms with Gasteiger partial charge in [-0.3, -0.25) is 0 Å². The Morgan fingerprint density at radius 2 is 2.41 bits per heavy atom. The van der Waals surface area contributed by atoms with Crippen molar-refractivity contribution in [3.8, 4) is 5.69 Å². The maximum absolute atomic E-state index is 11.7. The van der Waals surface area contributed by atoms with E-state index in [1.165, 1.54) is 6.20 Å². The number of carbonyl (C=O) groups is 1. The van der Waals surface area contributed by atoms with E-state index >= 15 is 0 Å². The number of ether oxygens (including phenoxy) is 1. The van der Waals surface area contributed by atoms with E-state index in [9.17, 15) is 4.79 Å². The first kappa shape index (κ1) is 11.6. The van der Waals surface area contributed by atoms with Crippen LogP contribution in [-0.2, 0) is 4.74 Å². The highest BCUT2D eigenvalue weighted by molar-refractivity contribution is 6.29. The van der Waals surface area contributed by atoms with E-state index in [1.54, 1.807) is 36.3 Å². The van der Waals surface area contributed by atoms with Gasteiger partial charge in [0, 0.05) is 24.7 Å². The topological polar surface area (TPSA) is 57.0 Å². The fourth-order valence-corrected chi connectivity index (χ4v) is 1.55. The minimum absolute atomic E-state index is 0.307. The molecule has 5 nitrogen and oxygen atoms in total. The van der Waals surface area contributed by atoms with E-state index in [4.69, 9.17) is 16.3 Å². The summed E-state index contributed by atoms with van der Waals surface area (Å²) >= 11 is 5.82. The molecule has 0 aromatic carbocycles. The van der Waals surface area contributed by atoms with Crippen LogP contribution >= 0.6 is 11.6 Å². The lowest BCUT2D eigenvalue weighted by Gasteiger charge is -2.09. The molecule has 0 spiro atoms. The van der Waals surface area contributed by atoms with E-state index < -0.39 is 5.97 Å². The second-order valence-corrected chi connectivity index (χ2v) is 3.60. The van der Waals surface area contributed by atoms with Gasteiger partial charge >= 0.3 is 5.97 Å². The number of hydrogen-bond donors (Lipinski definition) is 0. The second kappa shape index (κ2) is 4.97. The summed E-state index contributed by atoms with van der Waals surface area (Å²) < 4.78 is 6.63. The lowest BCUT2D eigenvalue weighted by Crippen LogP contribution is -2.09. The van der Waals surface area contributed by atoms with Gasteiger partial charge in [-0.15, -0.1) is 0 Å². The molecule has 0 aliphatic heterocycles. The Morgan fingerprint density at radius 1 is 1.59 bits per heavy atom. The Kier molecular flexibility index (Phi) is 3.39. The van der Waals surface area contributed by atoms with Crippen molar-refractivity contribution in [3.63, 3.8) is 0 Å². The number of hydrogen-bond acceptors (Lipinski definition) is 4. The Morgan fingerprint density at radius 3 is 3.06 bits per heavy atom. The van der Waals surface area contributed by atoms with Crippen LogP contribution in [0.5, 0.6) is 0 Å². The van der Waals surface area contributed by atoms with E-state index in [-0.39, 0.29) is 0 Å². The zero-order chi connectivity index (χ0) is 12.3. The van der Waals surface area contributed by atoms with Crippen molar-refractivity contribution in [1.82, 2.24) is 14.5 Å². The predicted octanol–water partition coefficient (Wildman–Crippen LogP) is 2.10. The summed E-state index contributed by atoms with van der Waals surface area (Å²) in [5, 5.41) is 0.307. The molecule has 0 radical (unpaired) electrons. The first-order valence-corrected chi connectivity index (χ1v) is 5.41. The molecule has 0 amide bonds. The summed E-state index contributed by atoms with van der Waals surface area (Å²) in [5.41, 5.74) is 0.954. The van der Waals surface area contributed by atoms with Crippen molar-refractivity contribution in [1.29, 1.82) is 0 Å². The monoisotopic (exact) mass is 251 g/mol. The zero-order valence-corrected chi connectivity index (χ0v) is 9.89. The fourth-order valence-electron chi connectivity index (χ4n) is 1.40. The first-order valence-electron chi connectivity index (χ1n) is 5.03. The molecule has 6 heteroatoms. The van der Waals surface area contributed by atoms with Crippen LogP contribution in [0.25, 0.3) is 5.69 Å². The predicted molar refractivity (Wildman–Crippen MR) is 62.3 cm³/mol. The highest BCUT2D eigenvalue weighted by atomic mass is 35.5. The molecule has 0 bridgehead atoms. The van der Waals surface area contributed by atoms with E-state index in [0.29, 0.717) is 23.0 Å². The minimum Gasteiger partial charge on any atom is -0.462 e. The first-order chi connectivity index (χ1) is 8.22. The second-order valence-electron chi connectivity index (χ2n) is 3.21. The van der Waals surface area contributed by atoms with Crippen LogP contribution in [0.3, 0.4) is 0 Å². The van der Waals surface area contributed by atoms with Crippen LogP contribution in [0.15, 0.2) is 31.0 Å². The van der Waals surface area contributed by atoms with Crippen molar-refractivity contribution in [2.24, 2.45) is 0 Å². The molecule has 0 N–H and O–H groups in total. The number of carbonyl (C=O) groups excluding carboxylic acids is 1. The van der Waals surface area contributed by atoms with Crippen LogP contribution < -0.4 is 0 Å². The number of halogens is 1.